The highest BCUT2D eigenvalue weighted by molar-refractivity contribution is 6.30. The van der Waals surface area contributed by atoms with Crippen LogP contribution in [0, 0.1) is 0 Å². The molecule has 2 aromatic carbocycles. The molecule has 4 nitrogen and oxygen atoms in total. The molecule has 0 aliphatic heterocycles. The summed E-state index contributed by atoms with van der Waals surface area (Å²) in [6.07, 6.45) is 3.44. The fraction of sp³-hybridized carbons (Fsp3) is 0.143. The van der Waals surface area contributed by atoms with Crippen LogP contribution in [0.3, 0.4) is 0 Å². The van der Waals surface area contributed by atoms with Crippen LogP contribution in [0.15, 0.2) is 72.9 Å². The van der Waals surface area contributed by atoms with Gasteiger partial charge in [-0.2, -0.15) is 0 Å². The van der Waals surface area contributed by atoms with Crippen molar-refractivity contribution in [2.75, 3.05) is 11.9 Å². The van der Waals surface area contributed by atoms with Crippen LogP contribution in [0.25, 0.3) is 0 Å². The summed E-state index contributed by atoms with van der Waals surface area (Å²) in [6.45, 7) is 0.612. The minimum Gasteiger partial charge on any atom is -0.355 e. The van der Waals surface area contributed by atoms with Gasteiger partial charge >= 0.3 is 0 Å². The molecule has 0 bridgehead atoms. The lowest BCUT2D eigenvalue weighted by molar-refractivity contribution is 0.0948. The Hall–Kier alpha value is -2.85. The second-order valence-corrected chi connectivity index (χ2v) is 6.35. The van der Waals surface area contributed by atoms with E-state index in [1.165, 1.54) is 5.56 Å². The van der Waals surface area contributed by atoms with E-state index in [2.05, 4.69) is 27.8 Å². The average Bonchev–Trinajstić information content (AvgIpc) is 2.66. The van der Waals surface area contributed by atoms with Crippen molar-refractivity contribution in [1.29, 1.82) is 0 Å². The first-order valence-electron chi connectivity index (χ1n) is 8.51. The topological polar surface area (TPSA) is 54.0 Å². The van der Waals surface area contributed by atoms with E-state index in [0.29, 0.717) is 17.3 Å². The van der Waals surface area contributed by atoms with Crippen LogP contribution in [-0.2, 0) is 6.42 Å². The maximum Gasteiger partial charge on any atom is 0.269 e. The summed E-state index contributed by atoms with van der Waals surface area (Å²) in [5.41, 5.74) is 3.30. The highest BCUT2D eigenvalue weighted by Crippen LogP contribution is 2.20. The van der Waals surface area contributed by atoms with Gasteiger partial charge in [0.2, 0.25) is 0 Å². The van der Waals surface area contributed by atoms with Crippen LogP contribution in [-0.4, -0.2) is 17.4 Å². The summed E-state index contributed by atoms with van der Waals surface area (Å²) < 4.78 is 0. The van der Waals surface area contributed by atoms with Gasteiger partial charge in [-0.15, -0.1) is 0 Å². The maximum atomic E-state index is 12.3. The number of benzene rings is 2. The molecule has 1 aromatic heterocycles. The van der Waals surface area contributed by atoms with Crippen molar-refractivity contribution in [3.05, 3.63) is 89.2 Å². The summed E-state index contributed by atoms with van der Waals surface area (Å²) in [5.74, 6) is -0.173. The molecule has 1 heterocycles. The number of carbonyl (C=O) groups excluding carboxylic acids is 1. The van der Waals surface area contributed by atoms with Crippen LogP contribution in [0.1, 0.15) is 22.5 Å². The fourth-order valence-corrected chi connectivity index (χ4v) is 2.79. The lowest BCUT2D eigenvalue weighted by Gasteiger charge is -2.09. The minimum atomic E-state index is -0.173. The molecule has 0 spiro atoms. The van der Waals surface area contributed by atoms with Gasteiger partial charge in [0.05, 0.1) is 0 Å². The number of amides is 1. The first kappa shape index (κ1) is 18.0. The molecule has 2 N–H and O–H groups in total. The number of pyridine rings is 1. The third kappa shape index (κ3) is 5.33. The number of rotatable bonds is 7. The number of nitrogens with zero attached hydrogens (tertiary/aromatic N) is 1. The summed E-state index contributed by atoms with van der Waals surface area (Å²) in [7, 11) is 0. The van der Waals surface area contributed by atoms with Gasteiger partial charge in [0.25, 0.3) is 5.91 Å². The first-order chi connectivity index (χ1) is 12.7. The van der Waals surface area contributed by atoms with Crippen LogP contribution < -0.4 is 10.6 Å². The van der Waals surface area contributed by atoms with Crippen molar-refractivity contribution in [1.82, 2.24) is 10.3 Å². The van der Waals surface area contributed by atoms with Gasteiger partial charge in [-0.1, -0.05) is 48.0 Å². The minimum absolute atomic E-state index is 0.173. The van der Waals surface area contributed by atoms with Gasteiger partial charge in [-0.05, 0) is 48.7 Å². The highest BCUT2D eigenvalue weighted by atomic mass is 35.5. The Morgan fingerprint density at radius 1 is 0.962 bits per heavy atom. The van der Waals surface area contributed by atoms with Crippen LogP contribution >= 0.6 is 11.6 Å². The molecule has 1 amide bonds. The first-order valence-corrected chi connectivity index (χ1v) is 8.89. The molecule has 0 saturated carbocycles. The molecular weight excluding hydrogens is 346 g/mol. The standard InChI is InChI=1S/C21H20ClN3O/c22-17-9-4-10-18(14-17)25-19-11-13-23-20(15-19)21(26)24-12-5-8-16-6-2-1-3-7-16/h1-4,6-7,9-11,13-15H,5,8,12H2,(H,23,25)(H,24,26). The Labute approximate surface area is 158 Å². The van der Waals surface area contributed by atoms with E-state index in [4.69, 9.17) is 11.6 Å². The number of aromatic nitrogens is 1. The van der Waals surface area contributed by atoms with E-state index in [1.807, 2.05) is 48.5 Å². The zero-order valence-electron chi connectivity index (χ0n) is 14.3. The molecule has 0 aliphatic carbocycles. The summed E-state index contributed by atoms with van der Waals surface area (Å²) in [5, 5.41) is 6.80. The molecule has 0 saturated heterocycles. The zero-order chi connectivity index (χ0) is 18.2. The van der Waals surface area contributed by atoms with Gasteiger partial charge in [-0.3, -0.25) is 9.78 Å². The fourth-order valence-electron chi connectivity index (χ4n) is 2.60. The monoisotopic (exact) mass is 365 g/mol. The Morgan fingerprint density at radius 2 is 1.77 bits per heavy atom. The summed E-state index contributed by atoms with van der Waals surface area (Å²) >= 11 is 5.99. The van der Waals surface area contributed by atoms with E-state index < -0.39 is 0 Å². The molecular formula is C21H20ClN3O. The largest absolute Gasteiger partial charge is 0.355 e. The summed E-state index contributed by atoms with van der Waals surface area (Å²) in [6, 6.07) is 21.2. The van der Waals surface area contributed by atoms with Crippen molar-refractivity contribution in [3.8, 4) is 0 Å². The predicted octanol–water partition coefficient (Wildman–Crippen LogP) is 4.84. The number of anilines is 2. The number of hydrogen-bond acceptors (Lipinski definition) is 3. The van der Waals surface area contributed by atoms with Crippen molar-refractivity contribution in [2.45, 2.75) is 12.8 Å². The number of hydrogen-bond donors (Lipinski definition) is 2. The smallest absolute Gasteiger partial charge is 0.269 e. The van der Waals surface area contributed by atoms with E-state index in [0.717, 1.165) is 24.2 Å². The molecule has 0 fully saturated rings. The van der Waals surface area contributed by atoms with Crippen LogP contribution in [0.2, 0.25) is 5.02 Å². The number of nitrogens with one attached hydrogen (secondary N) is 2. The van der Waals surface area contributed by atoms with E-state index in [1.54, 1.807) is 12.3 Å². The van der Waals surface area contributed by atoms with E-state index in [9.17, 15) is 4.79 Å². The van der Waals surface area contributed by atoms with Gasteiger partial charge in [0, 0.05) is 29.1 Å². The van der Waals surface area contributed by atoms with E-state index >= 15 is 0 Å². The molecule has 3 aromatic rings. The van der Waals surface area contributed by atoms with Gasteiger partial charge in [0.1, 0.15) is 5.69 Å². The molecule has 0 aliphatic rings. The molecule has 5 heteroatoms. The predicted molar refractivity (Wildman–Crippen MR) is 106 cm³/mol. The highest BCUT2D eigenvalue weighted by Gasteiger charge is 2.07. The van der Waals surface area contributed by atoms with Crippen LogP contribution in [0.5, 0.6) is 0 Å². The molecule has 132 valence electrons. The molecule has 0 radical (unpaired) electrons. The molecule has 0 unspecified atom stereocenters. The zero-order valence-corrected chi connectivity index (χ0v) is 15.0. The number of halogens is 1. The molecule has 3 rings (SSSR count). The Balaban J connectivity index is 1.53. The van der Waals surface area contributed by atoms with Crippen molar-refractivity contribution in [3.63, 3.8) is 0 Å². The van der Waals surface area contributed by atoms with Gasteiger partial charge in [-0.25, -0.2) is 0 Å². The SMILES string of the molecule is O=C(NCCCc1ccccc1)c1cc(Nc2cccc(Cl)c2)ccn1. The lowest BCUT2D eigenvalue weighted by Crippen LogP contribution is -2.25. The van der Waals surface area contributed by atoms with Gasteiger partial charge < -0.3 is 10.6 Å². The Kier molecular flexibility index (Phi) is 6.23. The van der Waals surface area contributed by atoms with Gasteiger partial charge in [0.15, 0.2) is 0 Å². The number of carbonyl (C=O) groups is 1. The second kappa shape index (κ2) is 9.02. The normalized spacial score (nSPS) is 10.3. The van der Waals surface area contributed by atoms with Crippen LogP contribution in [0.4, 0.5) is 11.4 Å². The second-order valence-electron chi connectivity index (χ2n) is 5.91. The number of aryl methyl sites for hydroxylation is 1. The van der Waals surface area contributed by atoms with Crippen molar-refractivity contribution < 1.29 is 4.79 Å². The average molecular weight is 366 g/mol. The third-order valence-electron chi connectivity index (χ3n) is 3.88. The molecule has 0 atom stereocenters. The van der Waals surface area contributed by atoms with Crippen molar-refractivity contribution in [2.24, 2.45) is 0 Å². The van der Waals surface area contributed by atoms with E-state index in [-0.39, 0.29) is 5.91 Å². The third-order valence-corrected chi connectivity index (χ3v) is 4.11. The quantitative estimate of drug-likeness (QED) is 0.589. The summed E-state index contributed by atoms with van der Waals surface area (Å²) in [4.78, 5) is 16.4. The van der Waals surface area contributed by atoms with Crippen molar-refractivity contribution >= 4 is 28.9 Å². The maximum absolute atomic E-state index is 12.3. The lowest BCUT2D eigenvalue weighted by atomic mass is 10.1. The Bertz CT molecular complexity index is 868. The molecule has 26 heavy (non-hydrogen) atoms. The Morgan fingerprint density at radius 3 is 2.58 bits per heavy atom.